The fourth-order valence-electron chi connectivity index (χ4n) is 2.43. The number of nitrogens with zero attached hydrogens (tertiary/aromatic N) is 2. The summed E-state index contributed by atoms with van der Waals surface area (Å²) in [5, 5.41) is 6.68. The number of hydrogen-bond donors (Lipinski definition) is 1. The van der Waals surface area contributed by atoms with Gasteiger partial charge in [-0.05, 0) is 30.3 Å². The zero-order chi connectivity index (χ0) is 19.2. The maximum Gasteiger partial charge on any atom is 0.264 e. The van der Waals surface area contributed by atoms with Gasteiger partial charge in [-0.3, -0.25) is 4.79 Å². The van der Waals surface area contributed by atoms with Crippen molar-refractivity contribution in [3.63, 3.8) is 0 Å². The second-order valence-corrected chi connectivity index (χ2v) is 5.55. The fraction of sp³-hybridized carbons (Fsp3) is 0.211. The van der Waals surface area contributed by atoms with Gasteiger partial charge in [0.15, 0.2) is 18.1 Å². The molecule has 1 aromatic heterocycles. The number of ether oxygens (including phenoxy) is 3. The SMILES string of the molecule is COc1ccc(-c2noc(COc3ccccc3NC(C)=O)n2)cc1OC. The van der Waals surface area contributed by atoms with Crippen molar-refractivity contribution in [3.8, 4) is 28.6 Å². The smallest absolute Gasteiger partial charge is 0.264 e. The summed E-state index contributed by atoms with van der Waals surface area (Å²) in [5.41, 5.74) is 1.30. The van der Waals surface area contributed by atoms with E-state index in [9.17, 15) is 4.79 Å². The number of amides is 1. The third-order valence-corrected chi connectivity index (χ3v) is 3.66. The van der Waals surface area contributed by atoms with E-state index in [4.69, 9.17) is 18.7 Å². The van der Waals surface area contributed by atoms with Crippen LogP contribution in [0.2, 0.25) is 0 Å². The topological polar surface area (TPSA) is 95.7 Å². The van der Waals surface area contributed by atoms with Crippen LogP contribution in [0.5, 0.6) is 17.2 Å². The standard InChI is InChI=1S/C19H19N3O5/c1-12(23)20-14-6-4-5-7-15(14)26-11-18-21-19(22-27-18)13-8-9-16(24-2)17(10-13)25-3/h4-10H,11H2,1-3H3,(H,20,23). The van der Waals surface area contributed by atoms with Crippen LogP contribution >= 0.6 is 0 Å². The van der Waals surface area contributed by atoms with Crippen LogP contribution in [0.4, 0.5) is 5.69 Å². The molecule has 0 aliphatic rings. The molecule has 27 heavy (non-hydrogen) atoms. The number of para-hydroxylation sites is 2. The summed E-state index contributed by atoms with van der Waals surface area (Å²) in [6.07, 6.45) is 0. The van der Waals surface area contributed by atoms with Crippen LogP contribution in [0.3, 0.4) is 0 Å². The molecule has 1 N–H and O–H groups in total. The molecule has 8 nitrogen and oxygen atoms in total. The zero-order valence-corrected chi connectivity index (χ0v) is 15.2. The Morgan fingerprint density at radius 3 is 2.59 bits per heavy atom. The molecule has 0 aliphatic heterocycles. The lowest BCUT2D eigenvalue weighted by Gasteiger charge is -2.09. The Morgan fingerprint density at radius 2 is 1.85 bits per heavy atom. The third-order valence-electron chi connectivity index (χ3n) is 3.66. The lowest BCUT2D eigenvalue weighted by atomic mass is 10.2. The fourth-order valence-corrected chi connectivity index (χ4v) is 2.43. The number of hydrogen-bond acceptors (Lipinski definition) is 7. The van der Waals surface area contributed by atoms with E-state index in [0.29, 0.717) is 34.7 Å². The molecular formula is C19H19N3O5. The molecule has 0 fully saturated rings. The van der Waals surface area contributed by atoms with Gasteiger partial charge in [0, 0.05) is 12.5 Å². The molecule has 3 rings (SSSR count). The first-order chi connectivity index (χ1) is 13.1. The molecule has 0 saturated carbocycles. The molecule has 1 heterocycles. The predicted molar refractivity (Wildman–Crippen MR) is 97.9 cm³/mol. The van der Waals surface area contributed by atoms with E-state index >= 15 is 0 Å². The Hall–Kier alpha value is -3.55. The highest BCUT2D eigenvalue weighted by Gasteiger charge is 2.13. The molecule has 1 amide bonds. The van der Waals surface area contributed by atoms with Crippen molar-refractivity contribution in [2.45, 2.75) is 13.5 Å². The molecule has 0 unspecified atom stereocenters. The van der Waals surface area contributed by atoms with E-state index in [2.05, 4.69) is 15.5 Å². The summed E-state index contributed by atoms with van der Waals surface area (Å²) in [4.78, 5) is 15.6. The molecule has 0 atom stereocenters. The molecule has 0 spiro atoms. The van der Waals surface area contributed by atoms with E-state index in [1.807, 2.05) is 12.1 Å². The van der Waals surface area contributed by atoms with Crippen molar-refractivity contribution < 1.29 is 23.5 Å². The summed E-state index contributed by atoms with van der Waals surface area (Å²) in [6.45, 7) is 1.50. The van der Waals surface area contributed by atoms with Gasteiger partial charge in [0.2, 0.25) is 11.7 Å². The number of rotatable bonds is 7. The van der Waals surface area contributed by atoms with Crippen molar-refractivity contribution in [2.24, 2.45) is 0 Å². The van der Waals surface area contributed by atoms with E-state index in [0.717, 1.165) is 5.56 Å². The lowest BCUT2D eigenvalue weighted by molar-refractivity contribution is -0.114. The Labute approximate surface area is 156 Å². The monoisotopic (exact) mass is 369 g/mol. The van der Waals surface area contributed by atoms with Crippen LogP contribution in [-0.4, -0.2) is 30.3 Å². The lowest BCUT2D eigenvalue weighted by Crippen LogP contribution is -2.07. The second kappa shape index (κ2) is 8.22. The number of aromatic nitrogens is 2. The van der Waals surface area contributed by atoms with Crippen molar-refractivity contribution in [3.05, 3.63) is 48.4 Å². The minimum absolute atomic E-state index is 0.0664. The maximum absolute atomic E-state index is 11.3. The molecule has 140 valence electrons. The summed E-state index contributed by atoms with van der Waals surface area (Å²) in [7, 11) is 3.13. The summed E-state index contributed by atoms with van der Waals surface area (Å²) in [5.74, 6) is 2.23. The number of carbonyl (C=O) groups excluding carboxylic acids is 1. The molecule has 3 aromatic rings. The normalized spacial score (nSPS) is 10.3. The highest BCUT2D eigenvalue weighted by atomic mass is 16.5. The van der Waals surface area contributed by atoms with Crippen molar-refractivity contribution in [1.29, 1.82) is 0 Å². The van der Waals surface area contributed by atoms with Crippen LogP contribution in [0, 0.1) is 0 Å². The van der Waals surface area contributed by atoms with Crippen LogP contribution in [0.25, 0.3) is 11.4 Å². The summed E-state index contributed by atoms with van der Waals surface area (Å²) in [6, 6.07) is 12.5. The van der Waals surface area contributed by atoms with Crippen molar-refractivity contribution in [1.82, 2.24) is 10.1 Å². The van der Waals surface area contributed by atoms with Crippen molar-refractivity contribution in [2.75, 3.05) is 19.5 Å². The van der Waals surface area contributed by atoms with Crippen LogP contribution in [0.1, 0.15) is 12.8 Å². The number of methoxy groups -OCH3 is 2. The molecule has 0 saturated heterocycles. The number of nitrogens with one attached hydrogen (secondary N) is 1. The Kier molecular flexibility index (Phi) is 5.55. The van der Waals surface area contributed by atoms with Gasteiger partial charge in [-0.15, -0.1) is 0 Å². The van der Waals surface area contributed by atoms with Gasteiger partial charge in [0.1, 0.15) is 5.75 Å². The quantitative estimate of drug-likeness (QED) is 0.683. The zero-order valence-electron chi connectivity index (χ0n) is 15.2. The Morgan fingerprint density at radius 1 is 1.07 bits per heavy atom. The van der Waals surface area contributed by atoms with E-state index in [1.165, 1.54) is 6.92 Å². The molecule has 0 aliphatic carbocycles. The molecule has 0 bridgehead atoms. The van der Waals surface area contributed by atoms with Crippen LogP contribution in [0.15, 0.2) is 47.0 Å². The van der Waals surface area contributed by atoms with Crippen LogP contribution < -0.4 is 19.5 Å². The first-order valence-corrected chi connectivity index (χ1v) is 8.15. The van der Waals surface area contributed by atoms with Crippen molar-refractivity contribution >= 4 is 11.6 Å². The number of anilines is 1. The highest BCUT2D eigenvalue weighted by Crippen LogP contribution is 2.31. The minimum Gasteiger partial charge on any atom is -0.493 e. The summed E-state index contributed by atoms with van der Waals surface area (Å²) < 4.78 is 21.4. The van der Waals surface area contributed by atoms with Crippen LogP contribution in [-0.2, 0) is 11.4 Å². The average Bonchev–Trinajstić information content (AvgIpc) is 3.15. The van der Waals surface area contributed by atoms with Gasteiger partial charge in [-0.25, -0.2) is 0 Å². The van der Waals surface area contributed by atoms with Gasteiger partial charge in [0.25, 0.3) is 5.89 Å². The second-order valence-electron chi connectivity index (χ2n) is 5.55. The number of carbonyl (C=O) groups is 1. The third kappa shape index (κ3) is 4.35. The average molecular weight is 369 g/mol. The van der Waals surface area contributed by atoms with E-state index in [-0.39, 0.29) is 12.5 Å². The predicted octanol–water partition coefficient (Wildman–Crippen LogP) is 3.29. The van der Waals surface area contributed by atoms with Gasteiger partial charge < -0.3 is 24.1 Å². The summed E-state index contributed by atoms with van der Waals surface area (Å²) >= 11 is 0. The van der Waals surface area contributed by atoms with Gasteiger partial charge >= 0.3 is 0 Å². The van der Waals surface area contributed by atoms with Gasteiger partial charge in [-0.2, -0.15) is 4.98 Å². The van der Waals surface area contributed by atoms with Gasteiger partial charge in [0.05, 0.1) is 19.9 Å². The molecule has 2 aromatic carbocycles. The first kappa shape index (κ1) is 18.2. The largest absolute Gasteiger partial charge is 0.493 e. The molecule has 0 radical (unpaired) electrons. The first-order valence-electron chi connectivity index (χ1n) is 8.15. The van der Waals surface area contributed by atoms with Gasteiger partial charge in [-0.1, -0.05) is 17.3 Å². The molecule has 8 heteroatoms. The molecular weight excluding hydrogens is 350 g/mol. The maximum atomic E-state index is 11.3. The number of benzene rings is 2. The minimum atomic E-state index is -0.181. The Bertz CT molecular complexity index is 939. The van der Waals surface area contributed by atoms with E-state index < -0.39 is 0 Å². The highest BCUT2D eigenvalue weighted by molar-refractivity contribution is 5.90. The van der Waals surface area contributed by atoms with E-state index in [1.54, 1.807) is 44.6 Å². The Balaban J connectivity index is 1.73.